The van der Waals surface area contributed by atoms with Crippen LogP contribution >= 0.6 is 0 Å². The Morgan fingerprint density at radius 1 is 0.917 bits per heavy atom. The van der Waals surface area contributed by atoms with Crippen molar-refractivity contribution < 1.29 is 0 Å². The molecule has 6 aliphatic carbocycles. The molecule has 6 aliphatic rings. The fraction of sp³-hybridized carbons (Fsp3) is 0.913. The summed E-state index contributed by atoms with van der Waals surface area (Å²) in [6, 6.07) is 0. The van der Waals surface area contributed by atoms with Crippen molar-refractivity contribution in [1.82, 2.24) is 0 Å². The van der Waals surface area contributed by atoms with E-state index in [4.69, 9.17) is 0 Å². The second-order valence-electron chi connectivity index (χ2n) is 11.5. The van der Waals surface area contributed by atoms with Gasteiger partial charge in [-0.05, 0) is 76.8 Å². The van der Waals surface area contributed by atoms with Crippen LogP contribution in [0.3, 0.4) is 0 Å². The maximum atomic E-state index is 4.07. The summed E-state index contributed by atoms with van der Waals surface area (Å²) in [4.78, 5) is 0. The summed E-state index contributed by atoms with van der Waals surface area (Å²) in [5.74, 6) is 6.76. The molecule has 0 aromatic heterocycles. The van der Waals surface area contributed by atoms with E-state index < -0.39 is 0 Å². The highest BCUT2D eigenvalue weighted by Crippen LogP contribution is 2.76. The first-order valence-electron chi connectivity index (χ1n) is 10.8. The topological polar surface area (TPSA) is 0 Å². The Bertz CT molecular complexity index is 532. The highest BCUT2D eigenvalue weighted by atomic mass is 14.7. The van der Waals surface area contributed by atoms with Gasteiger partial charge in [-0.15, -0.1) is 6.58 Å². The third kappa shape index (κ3) is 1.94. The van der Waals surface area contributed by atoms with Crippen LogP contribution in [-0.2, 0) is 0 Å². The lowest BCUT2D eigenvalue weighted by Crippen LogP contribution is -2.64. The van der Waals surface area contributed by atoms with Crippen LogP contribution in [0.15, 0.2) is 12.7 Å². The fourth-order valence-electron chi connectivity index (χ4n) is 8.58. The van der Waals surface area contributed by atoms with Gasteiger partial charge in [0.1, 0.15) is 7.28 Å². The first-order valence-corrected chi connectivity index (χ1v) is 10.8. The first-order chi connectivity index (χ1) is 11.2. The fourth-order valence-corrected chi connectivity index (χ4v) is 8.58. The largest absolute Gasteiger partial charge is 0.133 e. The Morgan fingerprint density at radius 2 is 1.50 bits per heavy atom. The average molecular weight is 326 g/mol. The number of hydrogen-bond donors (Lipinski definition) is 0. The molecular weight excluding hydrogens is 287 g/mol. The van der Waals surface area contributed by atoms with Gasteiger partial charge in [-0.3, -0.25) is 0 Å². The van der Waals surface area contributed by atoms with Crippen molar-refractivity contribution in [2.45, 2.75) is 78.9 Å². The van der Waals surface area contributed by atoms with Crippen molar-refractivity contribution in [2.24, 2.45) is 52.3 Å². The minimum atomic E-state index is 0.608. The van der Waals surface area contributed by atoms with Crippen LogP contribution in [0.5, 0.6) is 0 Å². The van der Waals surface area contributed by atoms with Crippen molar-refractivity contribution in [1.29, 1.82) is 0 Å². The van der Waals surface area contributed by atoms with Gasteiger partial charge in [-0.25, -0.2) is 0 Å². The first kappa shape index (κ1) is 17.2. The molecule has 0 aliphatic heterocycles. The van der Waals surface area contributed by atoms with Gasteiger partial charge in [-0.1, -0.05) is 60.4 Å². The Kier molecular flexibility index (Phi) is 3.71. The molecule has 4 bridgehead atoms. The Balaban J connectivity index is 1.65. The van der Waals surface area contributed by atoms with Crippen LogP contribution in [0.4, 0.5) is 0 Å². The van der Waals surface area contributed by atoms with E-state index in [2.05, 4.69) is 54.2 Å². The highest BCUT2D eigenvalue weighted by molar-refractivity contribution is 6.41. The number of hydrogen-bond acceptors (Lipinski definition) is 0. The molecule has 0 saturated heterocycles. The quantitative estimate of drug-likeness (QED) is 0.426. The van der Waals surface area contributed by atoms with Crippen molar-refractivity contribution in [3.05, 3.63) is 12.7 Å². The standard InChI is InChI=1S/C23H39B/c1-8-9-24-23(13-17-12-20(15(23)3)22(17,6)7)19-11-16-10-18(14(19)2)21(16,4)5/h8,14-20,24H,1,9-13H2,2-7H3/t14-,15-,16+,17+,18-,19?,20-,23?/m1/s1. The van der Waals surface area contributed by atoms with Crippen LogP contribution in [0.2, 0.25) is 11.6 Å². The Labute approximate surface area is 151 Å². The number of allylic oxidation sites excluding steroid dienone is 1. The predicted molar refractivity (Wildman–Crippen MR) is 107 cm³/mol. The van der Waals surface area contributed by atoms with Crippen LogP contribution in [0, 0.1) is 52.3 Å². The molecule has 0 spiro atoms. The van der Waals surface area contributed by atoms with Crippen molar-refractivity contribution in [3.8, 4) is 0 Å². The molecule has 1 heteroatoms. The molecule has 8 atom stereocenters. The summed E-state index contributed by atoms with van der Waals surface area (Å²) in [6.45, 7) is 19.6. The van der Waals surface area contributed by atoms with Gasteiger partial charge in [0.2, 0.25) is 0 Å². The monoisotopic (exact) mass is 326 g/mol. The molecule has 0 amide bonds. The lowest BCUT2D eigenvalue weighted by Gasteiger charge is -2.72. The smallest absolute Gasteiger partial charge is 0.104 e. The second kappa shape index (κ2) is 5.17. The summed E-state index contributed by atoms with van der Waals surface area (Å²) in [7, 11) is 1.41. The molecule has 0 N–H and O–H groups in total. The lowest BCUT2D eigenvalue weighted by atomic mass is 9.25. The Morgan fingerprint density at radius 3 is 2.00 bits per heavy atom. The highest BCUT2D eigenvalue weighted by Gasteiger charge is 2.67. The number of fused-ring (bicyclic) bond motifs is 5. The minimum absolute atomic E-state index is 0.608. The predicted octanol–water partition coefficient (Wildman–Crippen LogP) is 6.21. The van der Waals surface area contributed by atoms with E-state index in [9.17, 15) is 0 Å². The SMILES string of the molecule is C=CCBC1(C2C[C@@H]3C[C@H]([C@H]2C)C3(C)C)C[C@@H]2C[C@H]([C@H]1C)C2(C)C. The minimum Gasteiger partial charge on any atom is -0.104 e. The van der Waals surface area contributed by atoms with E-state index >= 15 is 0 Å². The van der Waals surface area contributed by atoms with Gasteiger partial charge in [0.25, 0.3) is 0 Å². The van der Waals surface area contributed by atoms with E-state index in [-0.39, 0.29) is 0 Å². The molecule has 0 radical (unpaired) electrons. The molecule has 6 fully saturated rings. The Hall–Kier alpha value is -0.195. The molecule has 6 rings (SSSR count). The molecule has 6 saturated carbocycles. The van der Waals surface area contributed by atoms with Crippen LogP contribution in [0.25, 0.3) is 0 Å². The summed E-state index contributed by atoms with van der Waals surface area (Å²) in [5.41, 5.74) is 1.23. The van der Waals surface area contributed by atoms with Gasteiger partial charge in [-0.2, -0.15) is 0 Å². The molecule has 0 heterocycles. The molecule has 0 nitrogen and oxygen atoms in total. The zero-order valence-electron chi connectivity index (χ0n) is 17.1. The van der Waals surface area contributed by atoms with Crippen LogP contribution in [-0.4, -0.2) is 7.28 Å². The van der Waals surface area contributed by atoms with E-state index in [0.717, 1.165) is 41.4 Å². The van der Waals surface area contributed by atoms with Gasteiger partial charge < -0.3 is 0 Å². The summed E-state index contributed by atoms with van der Waals surface area (Å²) < 4.78 is 0. The van der Waals surface area contributed by atoms with Gasteiger partial charge in [0, 0.05) is 0 Å². The van der Waals surface area contributed by atoms with E-state index in [1.54, 1.807) is 0 Å². The normalized spacial score (nSPS) is 53.5. The molecular formula is C23H39B. The molecule has 24 heavy (non-hydrogen) atoms. The average Bonchev–Trinajstić information content (AvgIpc) is 2.53. The second-order valence-corrected chi connectivity index (χ2v) is 11.5. The van der Waals surface area contributed by atoms with Crippen LogP contribution < -0.4 is 0 Å². The van der Waals surface area contributed by atoms with Gasteiger partial charge >= 0.3 is 0 Å². The third-order valence-corrected chi connectivity index (χ3v) is 10.6. The summed E-state index contributed by atoms with van der Waals surface area (Å²) in [5, 5.41) is 0.615. The molecule has 0 aromatic carbocycles. The zero-order chi connectivity index (χ0) is 17.5. The van der Waals surface area contributed by atoms with Gasteiger partial charge in [0.15, 0.2) is 0 Å². The summed E-state index contributed by atoms with van der Waals surface area (Å²) in [6.07, 6.45) is 9.49. The maximum absolute atomic E-state index is 4.07. The van der Waals surface area contributed by atoms with Crippen molar-refractivity contribution in [3.63, 3.8) is 0 Å². The van der Waals surface area contributed by atoms with E-state index in [1.807, 2.05) is 0 Å². The van der Waals surface area contributed by atoms with Gasteiger partial charge in [0.05, 0.1) is 0 Å². The van der Waals surface area contributed by atoms with E-state index in [1.165, 1.54) is 39.3 Å². The zero-order valence-corrected chi connectivity index (χ0v) is 17.1. The third-order valence-electron chi connectivity index (χ3n) is 10.6. The lowest BCUT2D eigenvalue weighted by molar-refractivity contribution is -0.184. The van der Waals surface area contributed by atoms with E-state index in [0.29, 0.717) is 16.1 Å². The number of rotatable bonds is 4. The van der Waals surface area contributed by atoms with Crippen molar-refractivity contribution in [2.75, 3.05) is 0 Å². The maximum Gasteiger partial charge on any atom is 0.133 e. The summed E-state index contributed by atoms with van der Waals surface area (Å²) >= 11 is 0. The molecule has 0 aromatic rings. The molecule has 134 valence electrons. The molecule has 2 unspecified atom stereocenters. The van der Waals surface area contributed by atoms with Crippen molar-refractivity contribution >= 4 is 7.28 Å². The van der Waals surface area contributed by atoms with Crippen LogP contribution in [0.1, 0.15) is 67.2 Å².